The third kappa shape index (κ3) is 3.38. The van der Waals surface area contributed by atoms with Crippen LogP contribution in [0.25, 0.3) is 0 Å². The summed E-state index contributed by atoms with van der Waals surface area (Å²) in [5.74, 6) is 0. The Hall–Kier alpha value is -0.760. The first kappa shape index (κ1) is 13.7. The Morgan fingerprint density at radius 2 is 2.11 bits per heavy atom. The fraction of sp³-hybridized carbons (Fsp3) is 0.364. The molecule has 2 aromatic heterocycles. The van der Waals surface area contributed by atoms with Crippen molar-refractivity contribution in [3.05, 3.63) is 33.1 Å². The van der Waals surface area contributed by atoms with Gasteiger partial charge in [-0.25, -0.2) is 18.1 Å². The van der Waals surface area contributed by atoms with Gasteiger partial charge in [0.25, 0.3) is 0 Å². The van der Waals surface area contributed by atoms with E-state index in [4.69, 9.17) is 0 Å². The third-order valence-electron chi connectivity index (χ3n) is 2.28. The van der Waals surface area contributed by atoms with Crippen LogP contribution in [0.3, 0.4) is 0 Å². The van der Waals surface area contributed by atoms with Gasteiger partial charge in [-0.3, -0.25) is 0 Å². The average molecular weight is 302 g/mol. The van der Waals surface area contributed by atoms with Crippen molar-refractivity contribution in [2.75, 3.05) is 6.54 Å². The Balaban J connectivity index is 1.93. The van der Waals surface area contributed by atoms with Crippen molar-refractivity contribution >= 4 is 32.7 Å². The summed E-state index contributed by atoms with van der Waals surface area (Å²) in [4.78, 5) is 5.29. The molecule has 0 bridgehead atoms. The van der Waals surface area contributed by atoms with Crippen LogP contribution in [0.5, 0.6) is 0 Å². The van der Waals surface area contributed by atoms with Gasteiger partial charge >= 0.3 is 0 Å². The summed E-state index contributed by atoms with van der Waals surface area (Å²) in [7, 11) is -3.36. The first-order chi connectivity index (χ1) is 8.47. The highest BCUT2D eigenvalue weighted by Crippen LogP contribution is 2.20. The van der Waals surface area contributed by atoms with E-state index < -0.39 is 10.0 Å². The lowest BCUT2D eigenvalue weighted by atomic mass is 10.4. The van der Waals surface area contributed by atoms with Gasteiger partial charge in [-0.05, 0) is 26.0 Å². The maximum absolute atomic E-state index is 11.9. The minimum atomic E-state index is -3.36. The monoisotopic (exact) mass is 302 g/mol. The number of thiazole rings is 1. The summed E-state index contributed by atoms with van der Waals surface area (Å²) >= 11 is 2.84. The van der Waals surface area contributed by atoms with Gasteiger partial charge in [-0.1, -0.05) is 0 Å². The highest BCUT2D eigenvalue weighted by Gasteiger charge is 2.15. The molecule has 2 aromatic rings. The van der Waals surface area contributed by atoms with Gasteiger partial charge < -0.3 is 0 Å². The number of rotatable bonds is 5. The Labute approximate surface area is 115 Å². The quantitative estimate of drug-likeness (QED) is 0.922. The molecule has 4 nitrogen and oxygen atoms in total. The molecule has 0 saturated carbocycles. The van der Waals surface area contributed by atoms with Crippen molar-refractivity contribution < 1.29 is 8.42 Å². The van der Waals surface area contributed by atoms with Crippen LogP contribution in [0.15, 0.2) is 21.7 Å². The molecule has 0 amide bonds. The second-order valence-corrected chi connectivity index (χ2v) is 8.12. The largest absolute Gasteiger partial charge is 0.250 e. The van der Waals surface area contributed by atoms with Gasteiger partial charge in [0.05, 0.1) is 5.01 Å². The Morgan fingerprint density at radius 3 is 2.67 bits per heavy atom. The number of aryl methyl sites for hydroxylation is 2. The van der Waals surface area contributed by atoms with Crippen LogP contribution in [0.2, 0.25) is 0 Å². The van der Waals surface area contributed by atoms with Gasteiger partial charge in [0.15, 0.2) is 0 Å². The predicted octanol–water partition coefficient (Wildman–Crippen LogP) is 2.34. The summed E-state index contributed by atoms with van der Waals surface area (Å²) in [6, 6.07) is 3.44. The number of aromatic nitrogens is 1. The number of sulfonamides is 1. The molecule has 0 aromatic carbocycles. The molecule has 18 heavy (non-hydrogen) atoms. The summed E-state index contributed by atoms with van der Waals surface area (Å²) in [6.45, 7) is 4.20. The lowest BCUT2D eigenvalue weighted by molar-refractivity contribution is 0.583. The van der Waals surface area contributed by atoms with Crippen molar-refractivity contribution in [2.24, 2.45) is 0 Å². The van der Waals surface area contributed by atoms with Crippen LogP contribution in [0.1, 0.15) is 15.6 Å². The van der Waals surface area contributed by atoms with Crippen LogP contribution in [-0.4, -0.2) is 19.9 Å². The summed E-state index contributed by atoms with van der Waals surface area (Å²) < 4.78 is 26.8. The third-order valence-corrected chi connectivity index (χ3v) is 6.26. The highest BCUT2D eigenvalue weighted by atomic mass is 32.2. The van der Waals surface area contributed by atoms with Gasteiger partial charge in [0.2, 0.25) is 10.0 Å². The van der Waals surface area contributed by atoms with E-state index in [0.717, 1.165) is 15.6 Å². The lowest BCUT2D eigenvalue weighted by Crippen LogP contribution is -2.25. The predicted molar refractivity (Wildman–Crippen MR) is 74.8 cm³/mol. The Morgan fingerprint density at radius 1 is 1.33 bits per heavy atom. The molecule has 2 rings (SSSR count). The molecule has 0 spiro atoms. The van der Waals surface area contributed by atoms with E-state index in [1.165, 1.54) is 11.3 Å². The minimum absolute atomic E-state index is 0.371. The molecule has 0 aliphatic rings. The maximum Gasteiger partial charge on any atom is 0.250 e. The van der Waals surface area contributed by atoms with E-state index in [1.54, 1.807) is 17.4 Å². The first-order valence-corrected chi connectivity index (χ1v) is 8.62. The Kier molecular flexibility index (Phi) is 4.16. The lowest BCUT2D eigenvalue weighted by Gasteiger charge is -2.02. The molecule has 0 radical (unpaired) electrons. The van der Waals surface area contributed by atoms with Crippen molar-refractivity contribution in [1.29, 1.82) is 0 Å². The fourth-order valence-electron chi connectivity index (χ4n) is 1.44. The summed E-state index contributed by atoms with van der Waals surface area (Å²) in [5, 5.41) is 2.92. The molecule has 1 N–H and O–H groups in total. The second kappa shape index (κ2) is 5.48. The maximum atomic E-state index is 11.9. The van der Waals surface area contributed by atoms with Gasteiger partial charge in [-0.2, -0.15) is 0 Å². The number of nitrogens with zero attached hydrogens (tertiary/aromatic N) is 1. The molecule has 0 aliphatic heterocycles. The number of nitrogens with one attached hydrogen (secondary N) is 1. The Bertz CT molecular complexity index is 628. The number of thiophene rings is 1. The SMILES string of the molecule is Cc1csc(CCNS(=O)(=O)c2ccc(C)s2)n1. The zero-order valence-corrected chi connectivity index (χ0v) is 12.6. The molecule has 98 valence electrons. The van der Waals surface area contributed by atoms with Crippen LogP contribution in [0.4, 0.5) is 0 Å². The molecular weight excluding hydrogens is 288 g/mol. The van der Waals surface area contributed by atoms with E-state index in [1.807, 2.05) is 25.3 Å². The minimum Gasteiger partial charge on any atom is -0.247 e. The normalized spacial score (nSPS) is 11.9. The molecule has 7 heteroatoms. The van der Waals surface area contributed by atoms with Crippen LogP contribution < -0.4 is 4.72 Å². The average Bonchev–Trinajstić information content (AvgIpc) is 2.88. The summed E-state index contributed by atoms with van der Waals surface area (Å²) in [5.41, 5.74) is 0.978. The fourth-order valence-corrected chi connectivity index (χ4v) is 4.57. The molecule has 0 saturated heterocycles. The molecule has 0 unspecified atom stereocenters. The van der Waals surface area contributed by atoms with Gasteiger partial charge in [-0.15, -0.1) is 22.7 Å². The van der Waals surface area contributed by atoms with Crippen molar-refractivity contribution in [2.45, 2.75) is 24.5 Å². The zero-order chi connectivity index (χ0) is 13.2. The van der Waals surface area contributed by atoms with Crippen LogP contribution >= 0.6 is 22.7 Å². The molecule has 0 atom stereocenters. The molecule has 2 heterocycles. The smallest absolute Gasteiger partial charge is 0.247 e. The number of hydrogen-bond acceptors (Lipinski definition) is 5. The zero-order valence-electron chi connectivity index (χ0n) is 10.1. The first-order valence-electron chi connectivity index (χ1n) is 5.44. The standard InChI is InChI=1S/C11H14N2O2S3/c1-8-7-16-10(13-8)5-6-12-18(14,15)11-4-3-9(2)17-11/h3-4,7,12H,5-6H2,1-2H3. The van der Waals surface area contributed by atoms with Crippen molar-refractivity contribution in [3.63, 3.8) is 0 Å². The van der Waals surface area contributed by atoms with Gasteiger partial charge in [0.1, 0.15) is 4.21 Å². The van der Waals surface area contributed by atoms with Crippen LogP contribution in [-0.2, 0) is 16.4 Å². The number of hydrogen-bond donors (Lipinski definition) is 1. The van der Waals surface area contributed by atoms with E-state index in [-0.39, 0.29) is 0 Å². The molecule has 0 aliphatic carbocycles. The topological polar surface area (TPSA) is 59.1 Å². The van der Waals surface area contributed by atoms with Gasteiger partial charge in [0, 0.05) is 28.9 Å². The van der Waals surface area contributed by atoms with Crippen molar-refractivity contribution in [3.8, 4) is 0 Å². The van der Waals surface area contributed by atoms with E-state index >= 15 is 0 Å². The van der Waals surface area contributed by atoms with E-state index in [0.29, 0.717) is 17.2 Å². The highest BCUT2D eigenvalue weighted by molar-refractivity contribution is 7.91. The molecule has 0 fully saturated rings. The van der Waals surface area contributed by atoms with E-state index in [9.17, 15) is 8.42 Å². The second-order valence-electron chi connectivity index (χ2n) is 3.90. The van der Waals surface area contributed by atoms with E-state index in [2.05, 4.69) is 9.71 Å². The van der Waals surface area contributed by atoms with Crippen LogP contribution in [0, 0.1) is 13.8 Å². The molecular formula is C11H14N2O2S3. The van der Waals surface area contributed by atoms with Crippen molar-refractivity contribution in [1.82, 2.24) is 9.71 Å². The summed E-state index contributed by atoms with van der Waals surface area (Å²) in [6.07, 6.45) is 0.627.